The molecule has 0 aliphatic carbocycles. The van der Waals surface area contributed by atoms with Crippen LogP contribution in [0.5, 0.6) is 0 Å². The van der Waals surface area contributed by atoms with Crippen molar-refractivity contribution >= 4 is 33.1 Å². The second-order valence-electron chi connectivity index (χ2n) is 5.24. The molecule has 1 aliphatic rings. The van der Waals surface area contributed by atoms with Crippen LogP contribution in [0.1, 0.15) is 30.7 Å². The summed E-state index contributed by atoms with van der Waals surface area (Å²) in [4.78, 5) is 1.06. The zero-order valence-electron chi connectivity index (χ0n) is 11.8. The molecule has 2 unspecified atom stereocenters. The lowest BCUT2D eigenvalue weighted by molar-refractivity contribution is 0.257. The molecule has 1 aromatic rings. The smallest absolute Gasteiger partial charge is 0.195 e. The van der Waals surface area contributed by atoms with Crippen LogP contribution in [0.15, 0.2) is 17.5 Å². The zero-order valence-corrected chi connectivity index (χ0v) is 14.2. The predicted octanol–water partition coefficient (Wildman–Crippen LogP) is 2.94. The summed E-state index contributed by atoms with van der Waals surface area (Å²) in [5, 5.41) is 1.97. The molecule has 0 saturated carbocycles. The van der Waals surface area contributed by atoms with Gasteiger partial charge in [-0.05, 0) is 37.1 Å². The van der Waals surface area contributed by atoms with Crippen molar-refractivity contribution in [3.8, 4) is 0 Å². The highest BCUT2D eigenvalue weighted by molar-refractivity contribution is 7.86. The van der Waals surface area contributed by atoms with Gasteiger partial charge in [-0.2, -0.15) is 17.0 Å². The maximum absolute atomic E-state index is 12.7. The number of rotatable bonds is 5. The maximum atomic E-state index is 12.7. The number of thiophene rings is 1. The summed E-state index contributed by atoms with van der Waals surface area (Å²) >= 11 is 7.47. The van der Waals surface area contributed by atoms with Crippen molar-refractivity contribution in [1.82, 2.24) is 8.61 Å². The van der Waals surface area contributed by atoms with Crippen LogP contribution in [0, 0.1) is 5.92 Å². The van der Waals surface area contributed by atoms with Crippen molar-refractivity contribution in [3.63, 3.8) is 0 Å². The van der Waals surface area contributed by atoms with Gasteiger partial charge in [0.15, 0.2) is 0 Å². The van der Waals surface area contributed by atoms with E-state index in [1.807, 2.05) is 24.4 Å². The van der Waals surface area contributed by atoms with E-state index >= 15 is 0 Å². The molecule has 1 aromatic heterocycles. The average molecular weight is 337 g/mol. The summed E-state index contributed by atoms with van der Waals surface area (Å²) in [5.41, 5.74) is 0. The van der Waals surface area contributed by atoms with Crippen LogP contribution < -0.4 is 0 Å². The van der Waals surface area contributed by atoms with E-state index in [1.54, 1.807) is 22.7 Å². The Balaban J connectivity index is 2.13. The van der Waals surface area contributed by atoms with E-state index in [0.717, 1.165) is 17.7 Å². The minimum Gasteiger partial charge on any atom is -0.195 e. The molecule has 0 radical (unpaired) electrons. The highest BCUT2D eigenvalue weighted by atomic mass is 35.5. The van der Waals surface area contributed by atoms with E-state index in [9.17, 15) is 8.42 Å². The molecule has 2 rings (SSSR count). The van der Waals surface area contributed by atoms with Crippen molar-refractivity contribution in [2.75, 3.05) is 26.0 Å². The maximum Gasteiger partial charge on any atom is 0.282 e. The van der Waals surface area contributed by atoms with Gasteiger partial charge in [0.1, 0.15) is 0 Å². The third kappa shape index (κ3) is 3.36. The second kappa shape index (κ2) is 6.75. The summed E-state index contributed by atoms with van der Waals surface area (Å²) in [6, 6.07) is 3.77. The molecule has 2 atom stereocenters. The van der Waals surface area contributed by atoms with Gasteiger partial charge in [0.2, 0.25) is 0 Å². The van der Waals surface area contributed by atoms with Gasteiger partial charge < -0.3 is 0 Å². The Morgan fingerprint density at radius 1 is 1.60 bits per heavy atom. The van der Waals surface area contributed by atoms with Crippen LogP contribution in [0.4, 0.5) is 0 Å². The Bertz CT molecular complexity index is 518. The largest absolute Gasteiger partial charge is 0.282 e. The topological polar surface area (TPSA) is 40.6 Å². The summed E-state index contributed by atoms with van der Waals surface area (Å²) in [7, 11) is -1.76. The first kappa shape index (κ1) is 16.2. The van der Waals surface area contributed by atoms with E-state index < -0.39 is 10.2 Å². The summed E-state index contributed by atoms with van der Waals surface area (Å²) in [5.74, 6) is 0.793. The Morgan fingerprint density at radius 3 is 2.95 bits per heavy atom. The van der Waals surface area contributed by atoms with E-state index in [-0.39, 0.29) is 12.0 Å². The van der Waals surface area contributed by atoms with Gasteiger partial charge in [0, 0.05) is 30.9 Å². The molecule has 2 heterocycles. The molecule has 1 fully saturated rings. The van der Waals surface area contributed by atoms with E-state index in [0.29, 0.717) is 19.0 Å². The number of piperidine rings is 1. The van der Waals surface area contributed by atoms with Crippen LogP contribution in [-0.2, 0) is 10.2 Å². The number of alkyl halides is 1. The van der Waals surface area contributed by atoms with E-state index in [2.05, 4.69) is 0 Å². The SMILES string of the molecule is CC(c1cccs1)N(C)S(=O)(=O)N1CCCC(CCl)C1. The van der Waals surface area contributed by atoms with Crippen LogP contribution in [-0.4, -0.2) is 43.0 Å². The molecule has 4 nitrogen and oxygen atoms in total. The number of hydrogen-bond donors (Lipinski definition) is 0. The molecule has 114 valence electrons. The molecule has 0 aromatic carbocycles. The standard InChI is InChI=1S/C13H21ClN2O2S2/c1-11(13-6-4-8-19-13)15(2)20(17,18)16-7-3-5-12(9-14)10-16/h4,6,8,11-12H,3,5,7,9-10H2,1-2H3. The quantitative estimate of drug-likeness (QED) is 0.776. The van der Waals surface area contributed by atoms with Crippen molar-refractivity contribution in [3.05, 3.63) is 22.4 Å². The Labute approximate surface area is 130 Å². The monoisotopic (exact) mass is 336 g/mol. The molecular weight excluding hydrogens is 316 g/mol. The van der Waals surface area contributed by atoms with Crippen LogP contribution >= 0.6 is 22.9 Å². The number of halogens is 1. The van der Waals surface area contributed by atoms with Crippen molar-refractivity contribution in [2.24, 2.45) is 5.92 Å². The fourth-order valence-electron chi connectivity index (χ4n) is 2.45. The van der Waals surface area contributed by atoms with Gasteiger partial charge in [-0.3, -0.25) is 0 Å². The van der Waals surface area contributed by atoms with Gasteiger partial charge in [0.05, 0.1) is 6.04 Å². The molecule has 7 heteroatoms. The first-order valence-corrected chi connectivity index (χ1v) is 9.60. The summed E-state index contributed by atoms with van der Waals surface area (Å²) < 4.78 is 28.4. The lowest BCUT2D eigenvalue weighted by Crippen LogP contribution is -2.47. The third-order valence-corrected chi connectivity index (χ3v) is 7.40. The van der Waals surface area contributed by atoms with Gasteiger partial charge in [-0.25, -0.2) is 0 Å². The normalized spacial score (nSPS) is 23.1. The summed E-state index contributed by atoms with van der Waals surface area (Å²) in [6.07, 6.45) is 1.90. The van der Waals surface area contributed by atoms with Gasteiger partial charge in [-0.1, -0.05) is 6.07 Å². The summed E-state index contributed by atoms with van der Waals surface area (Å²) in [6.45, 7) is 3.05. The van der Waals surface area contributed by atoms with Gasteiger partial charge in [-0.15, -0.1) is 22.9 Å². The van der Waals surface area contributed by atoms with Crippen molar-refractivity contribution in [2.45, 2.75) is 25.8 Å². The first-order valence-electron chi connectivity index (χ1n) is 6.79. The minimum absolute atomic E-state index is 0.142. The molecule has 20 heavy (non-hydrogen) atoms. The molecule has 0 N–H and O–H groups in total. The Hall–Kier alpha value is -0.140. The Kier molecular flexibility index (Phi) is 5.48. The fraction of sp³-hybridized carbons (Fsp3) is 0.692. The Morgan fingerprint density at radius 2 is 2.35 bits per heavy atom. The highest BCUT2D eigenvalue weighted by Crippen LogP contribution is 2.29. The van der Waals surface area contributed by atoms with Crippen LogP contribution in [0.25, 0.3) is 0 Å². The minimum atomic E-state index is -3.42. The lowest BCUT2D eigenvalue weighted by Gasteiger charge is -2.35. The molecule has 0 amide bonds. The molecular formula is C13H21ClN2O2S2. The fourth-order valence-corrected chi connectivity index (χ4v) is 5.23. The van der Waals surface area contributed by atoms with E-state index in [4.69, 9.17) is 11.6 Å². The number of nitrogens with zero attached hydrogens (tertiary/aromatic N) is 2. The lowest BCUT2D eigenvalue weighted by atomic mass is 10.0. The average Bonchev–Trinajstić information content (AvgIpc) is 3.00. The first-order chi connectivity index (χ1) is 9.46. The molecule has 0 spiro atoms. The van der Waals surface area contributed by atoms with Gasteiger partial charge in [0.25, 0.3) is 10.2 Å². The zero-order chi connectivity index (χ0) is 14.8. The van der Waals surface area contributed by atoms with Crippen LogP contribution in [0.2, 0.25) is 0 Å². The van der Waals surface area contributed by atoms with Crippen molar-refractivity contribution in [1.29, 1.82) is 0 Å². The van der Waals surface area contributed by atoms with Gasteiger partial charge >= 0.3 is 0 Å². The third-order valence-electron chi connectivity index (χ3n) is 3.89. The highest BCUT2D eigenvalue weighted by Gasteiger charge is 2.34. The second-order valence-corrected chi connectivity index (χ2v) is 8.51. The predicted molar refractivity (Wildman–Crippen MR) is 84.4 cm³/mol. The van der Waals surface area contributed by atoms with Crippen molar-refractivity contribution < 1.29 is 8.42 Å². The molecule has 1 aliphatic heterocycles. The van der Waals surface area contributed by atoms with E-state index in [1.165, 1.54) is 4.31 Å². The van der Waals surface area contributed by atoms with Crippen LogP contribution in [0.3, 0.4) is 0 Å². The molecule has 1 saturated heterocycles. The molecule has 0 bridgehead atoms. The number of hydrogen-bond acceptors (Lipinski definition) is 3.